The molecule has 0 amide bonds. The van der Waals surface area contributed by atoms with Crippen molar-refractivity contribution in [1.82, 2.24) is 10.3 Å². The molecule has 0 unspecified atom stereocenters. The molecule has 0 saturated heterocycles. The largest absolute Gasteiger partial charge is 0.496 e. The second-order valence-electron chi connectivity index (χ2n) is 6.67. The highest BCUT2D eigenvalue weighted by atomic mass is 16.5. The highest BCUT2D eigenvalue weighted by molar-refractivity contribution is 5.95. The van der Waals surface area contributed by atoms with E-state index in [0.29, 0.717) is 24.0 Å². The Morgan fingerprint density at radius 3 is 2.93 bits per heavy atom. The number of methoxy groups -OCH3 is 1. The third-order valence-corrected chi connectivity index (χ3v) is 4.87. The summed E-state index contributed by atoms with van der Waals surface area (Å²) >= 11 is 0. The Hall–Kier alpha value is -3.01. The van der Waals surface area contributed by atoms with Crippen molar-refractivity contribution < 1.29 is 9.15 Å². The SMILES string of the molecule is COc1cc(NC(=NCCC2CCCCC2)NC#N)ccc1-c1cnco1. The van der Waals surface area contributed by atoms with E-state index in [1.165, 1.54) is 38.5 Å². The molecule has 27 heavy (non-hydrogen) atoms. The summed E-state index contributed by atoms with van der Waals surface area (Å²) in [5.74, 6) is 2.49. The molecule has 1 aromatic heterocycles. The molecule has 7 nitrogen and oxygen atoms in total. The van der Waals surface area contributed by atoms with E-state index in [9.17, 15) is 0 Å². The van der Waals surface area contributed by atoms with Gasteiger partial charge in [0.15, 0.2) is 18.3 Å². The van der Waals surface area contributed by atoms with Crippen molar-refractivity contribution in [2.24, 2.45) is 10.9 Å². The van der Waals surface area contributed by atoms with Gasteiger partial charge in [0, 0.05) is 18.3 Å². The summed E-state index contributed by atoms with van der Waals surface area (Å²) in [5, 5.41) is 14.8. The van der Waals surface area contributed by atoms with E-state index in [2.05, 4.69) is 20.6 Å². The molecule has 1 aromatic carbocycles. The van der Waals surface area contributed by atoms with Crippen LogP contribution in [0.25, 0.3) is 11.3 Å². The van der Waals surface area contributed by atoms with E-state index in [1.807, 2.05) is 24.4 Å². The van der Waals surface area contributed by atoms with E-state index in [4.69, 9.17) is 14.4 Å². The number of nitrogens with one attached hydrogen (secondary N) is 2. The number of guanidine groups is 1. The molecular formula is C20H25N5O2. The van der Waals surface area contributed by atoms with Crippen LogP contribution in [-0.2, 0) is 0 Å². The topological polar surface area (TPSA) is 95.5 Å². The monoisotopic (exact) mass is 367 g/mol. The number of nitriles is 1. The predicted octanol–water partition coefficient (Wildman–Crippen LogP) is 4.16. The summed E-state index contributed by atoms with van der Waals surface area (Å²) in [5.41, 5.74) is 1.58. The van der Waals surface area contributed by atoms with Crippen LogP contribution in [0.5, 0.6) is 5.75 Å². The van der Waals surface area contributed by atoms with Gasteiger partial charge in [-0.2, -0.15) is 5.26 Å². The van der Waals surface area contributed by atoms with Crippen LogP contribution >= 0.6 is 0 Å². The lowest BCUT2D eigenvalue weighted by Gasteiger charge is -2.20. The first-order valence-corrected chi connectivity index (χ1v) is 9.33. The molecule has 1 saturated carbocycles. The fourth-order valence-corrected chi connectivity index (χ4v) is 3.46. The maximum absolute atomic E-state index is 9.01. The molecule has 0 atom stereocenters. The van der Waals surface area contributed by atoms with Crippen LogP contribution in [0.2, 0.25) is 0 Å². The van der Waals surface area contributed by atoms with Crippen LogP contribution in [0, 0.1) is 17.4 Å². The molecule has 1 aliphatic carbocycles. The van der Waals surface area contributed by atoms with Crippen molar-refractivity contribution in [1.29, 1.82) is 5.26 Å². The molecule has 2 N–H and O–H groups in total. The maximum atomic E-state index is 9.01. The molecule has 142 valence electrons. The molecule has 1 fully saturated rings. The average Bonchev–Trinajstić information content (AvgIpc) is 3.23. The van der Waals surface area contributed by atoms with E-state index in [0.717, 1.165) is 23.6 Å². The summed E-state index contributed by atoms with van der Waals surface area (Å²) in [6.45, 7) is 0.703. The Labute approximate surface area is 159 Å². The smallest absolute Gasteiger partial charge is 0.209 e. The fraction of sp³-hybridized carbons (Fsp3) is 0.450. The van der Waals surface area contributed by atoms with Crippen LogP contribution < -0.4 is 15.4 Å². The van der Waals surface area contributed by atoms with Crippen LogP contribution in [0.1, 0.15) is 38.5 Å². The lowest BCUT2D eigenvalue weighted by Crippen LogP contribution is -2.27. The van der Waals surface area contributed by atoms with Gasteiger partial charge in [-0.05, 0) is 24.5 Å². The number of nitrogens with zero attached hydrogens (tertiary/aromatic N) is 3. The maximum Gasteiger partial charge on any atom is 0.209 e. The number of hydrogen-bond acceptors (Lipinski definition) is 5. The first-order chi connectivity index (χ1) is 13.3. The molecule has 2 aromatic rings. The summed E-state index contributed by atoms with van der Waals surface area (Å²) in [6.07, 6.45) is 12.6. The van der Waals surface area contributed by atoms with E-state index in [1.54, 1.807) is 13.3 Å². The molecule has 0 bridgehead atoms. The molecule has 0 aliphatic heterocycles. The standard InChI is InChI=1S/C20H25N5O2/c1-26-18-11-16(7-8-17(18)19-12-22-14-27-19)25-20(24-13-21)23-10-9-15-5-3-2-4-6-15/h7-8,11-12,14-15H,2-6,9-10H2,1H3,(H2,23,24,25). The van der Waals surface area contributed by atoms with Crippen molar-refractivity contribution in [2.75, 3.05) is 19.0 Å². The normalized spacial score (nSPS) is 15.2. The number of ether oxygens (including phenoxy) is 1. The van der Waals surface area contributed by atoms with Crippen molar-refractivity contribution >= 4 is 11.6 Å². The second-order valence-corrected chi connectivity index (χ2v) is 6.67. The zero-order valence-electron chi connectivity index (χ0n) is 15.6. The number of hydrogen-bond donors (Lipinski definition) is 2. The van der Waals surface area contributed by atoms with Gasteiger partial charge in [-0.25, -0.2) is 4.98 Å². The summed E-state index contributed by atoms with van der Waals surface area (Å²) < 4.78 is 10.8. The number of benzene rings is 1. The minimum absolute atomic E-state index is 0.447. The lowest BCUT2D eigenvalue weighted by atomic mass is 9.87. The Bertz CT molecular complexity index is 789. The second kappa shape index (κ2) is 9.62. The first-order valence-electron chi connectivity index (χ1n) is 9.33. The molecule has 0 radical (unpaired) electrons. The Kier molecular flexibility index (Phi) is 6.69. The molecule has 1 heterocycles. The molecule has 1 aliphatic rings. The number of aromatic nitrogens is 1. The van der Waals surface area contributed by atoms with Crippen molar-refractivity contribution in [3.63, 3.8) is 0 Å². The van der Waals surface area contributed by atoms with Crippen LogP contribution in [0.3, 0.4) is 0 Å². The summed E-state index contributed by atoms with van der Waals surface area (Å²) in [4.78, 5) is 8.47. The molecular weight excluding hydrogens is 342 g/mol. The molecule has 3 rings (SSSR count). The van der Waals surface area contributed by atoms with Gasteiger partial charge in [-0.1, -0.05) is 32.1 Å². The lowest BCUT2D eigenvalue weighted by molar-refractivity contribution is 0.343. The summed E-state index contributed by atoms with van der Waals surface area (Å²) in [7, 11) is 1.60. The van der Waals surface area contributed by atoms with Gasteiger partial charge in [-0.15, -0.1) is 0 Å². The first kappa shape index (κ1) is 18.8. The van der Waals surface area contributed by atoms with Crippen molar-refractivity contribution in [2.45, 2.75) is 38.5 Å². The minimum Gasteiger partial charge on any atom is -0.496 e. The molecule has 7 heteroatoms. The van der Waals surface area contributed by atoms with Gasteiger partial charge in [0.05, 0.1) is 18.9 Å². The van der Waals surface area contributed by atoms with Gasteiger partial charge in [0.1, 0.15) is 5.75 Å². The predicted molar refractivity (Wildman–Crippen MR) is 104 cm³/mol. The van der Waals surface area contributed by atoms with Crippen LogP contribution in [-0.4, -0.2) is 24.6 Å². The van der Waals surface area contributed by atoms with Gasteiger partial charge < -0.3 is 14.5 Å². The zero-order valence-corrected chi connectivity index (χ0v) is 15.6. The van der Waals surface area contributed by atoms with Crippen molar-refractivity contribution in [3.8, 4) is 23.3 Å². The minimum atomic E-state index is 0.447. The Balaban J connectivity index is 1.66. The average molecular weight is 367 g/mol. The highest BCUT2D eigenvalue weighted by Crippen LogP contribution is 2.32. The van der Waals surface area contributed by atoms with Gasteiger partial charge in [0.25, 0.3) is 0 Å². The van der Waals surface area contributed by atoms with Crippen molar-refractivity contribution in [3.05, 3.63) is 30.8 Å². The number of rotatable bonds is 6. The fourth-order valence-electron chi connectivity index (χ4n) is 3.46. The van der Waals surface area contributed by atoms with Crippen LogP contribution in [0.4, 0.5) is 5.69 Å². The summed E-state index contributed by atoms with van der Waals surface area (Å²) in [6, 6.07) is 5.61. The quantitative estimate of drug-likeness (QED) is 0.344. The van der Waals surface area contributed by atoms with E-state index in [-0.39, 0.29) is 0 Å². The van der Waals surface area contributed by atoms with Crippen LogP contribution in [0.15, 0.2) is 40.2 Å². The van der Waals surface area contributed by atoms with E-state index >= 15 is 0 Å². The third-order valence-electron chi connectivity index (χ3n) is 4.87. The van der Waals surface area contributed by atoms with Gasteiger partial charge >= 0.3 is 0 Å². The highest BCUT2D eigenvalue weighted by Gasteiger charge is 2.13. The zero-order chi connectivity index (χ0) is 18.9. The number of anilines is 1. The third kappa shape index (κ3) is 5.23. The van der Waals surface area contributed by atoms with Gasteiger partial charge in [-0.3, -0.25) is 10.3 Å². The molecule has 0 spiro atoms. The van der Waals surface area contributed by atoms with Gasteiger partial charge in [0.2, 0.25) is 5.96 Å². The number of oxazole rings is 1. The van der Waals surface area contributed by atoms with E-state index < -0.39 is 0 Å². The number of aliphatic imine (C=N–C) groups is 1. The Morgan fingerprint density at radius 1 is 1.37 bits per heavy atom. The Morgan fingerprint density at radius 2 is 2.22 bits per heavy atom.